The molecule has 10 atom stereocenters. The quantitative estimate of drug-likeness (QED) is 0.0292. The fourth-order valence-corrected chi connectivity index (χ4v) is 10.6. The van der Waals surface area contributed by atoms with Crippen LogP contribution in [0.25, 0.3) is 11.1 Å². The molecule has 6 rings (SSSR count). The van der Waals surface area contributed by atoms with Crippen molar-refractivity contribution in [2.24, 2.45) is 40.6 Å². The second-order valence-corrected chi connectivity index (χ2v) is 21.0. The van der Waals surface area contributed by atoms with Crippen LogP contribution < -0.4 is 27.4 Å². The Bertz CT molecular complexity index is 2220. The Morgan fingerprint density at radius 3 is 1.96 bits per heavy atom. The maximum Gasteiger partial charge on any atom is 0.461 e. The summed E-state index contributed by atoms with van der Waals surface area (Å²) in [6, 6.07) is 11.2. The predicted octanol–water partition coefficient (Wildman–Crippen LogP) is 5.44. The second kappa shape index (κ2) is 25.4. The van der Waals surface area contributed by atoms with Gasteiger partial charge in [0.25, 0.3) is 0 Å². The molecule has 2 aromatic rings. The van der Waals surface area contributed by atoms with Gasteiger partial charge in [-0.1, -0.05) is 89.6 Å². The number of aryl methyl sites for hydroxylation is 1. The molecule has 1 saturated heterocycles. The van der Waals surface area contributed by atoms with Crippen LogP contribution in [0.4, 0.5) is 0 Å². The summed E-state index contributed by atoms with van der Waals surface area (Å²) in [6.45, 7) is 12.3. The van der Waals surface area contributed by atoms with E-state index in [-0.39, 0.29) is 54.7 Å². The van der Waals surface area contributed by atoms with Gasteiger partial charge in [-0.3, -0.25) is 33.6 Å². The van der Waals surface area contributed by atoms with Gasteiger partial charge in [-0.2, -0.15) is 0 Å². The number of nitrogens with one attached hydrogen (secondary N) is 3. The van der Waals surface area contributed by atoms with Crippen molar-refractivity contribution in [2.45, 2.75) is 167 Å². The van der Waals surface area contributed by atoms with E-state index >= 15 is 0 Å². The highest BCUT2D eigenvalue weighted by Gasteiger charge is 2.68. The first-order chi connectivity index (χ1) is 33.6. The van der Waals surface area contributed by atoms with Crippen LogP contribution in [0.2, 0.25) is 5.82 Å². The largest absolute Gasteiger partial charge is 0.481 e. The van der Waals surface area contributed by atoms with E-state index in [4.69, 9.17) is 25.9 Å². The minimum atomic E-state index is -1.75. The third-order valence-corrected chi connectivity index (χ3v) is 15.3. The van der Waals surface area contributed by atoms with Crippen molar-refractivity contribution in [2.75, 3.05) is 13.1 Å². The van der Waals surface area contributed by atoms with Crippen molar-refractivity contribution in [3.63, 3.8) is 0 Å². The van der Waals surface area contributed by atoms with E-state index in [1.165, 1.54) is 12.5 Å². The van der Waals surface area contributed by atoms with E-state index in [0.717, 1.165) is 43.2 Å². The molecule has 2 bridgehead atoms. The number of aliphatic carboxylic acids is 2. The van der Waals surface area contributed by atoms with Crippen molar-refractivity contribution >= 4 is 54.1 Å². The number of rotatable bonds is 30. The number of carbonyl (C=O) groups is 8. The molecule has 3 aliphatic carbocycles. The number of hydrogen-bond acceptors (Lipinski definition) is 12. The van der Waals surface area contributed by atoms with E-state index in [1.807, 2.05) is 31.2 Å². The Kier molecular flexibility index (Phi) is 20.2. The Balaban J connectivity index is 1.23. The molecule has 3 saturated carbocycles. The van der Waals surface area contributed by atoms with Crippen molar-refractivity contribution in [1.82, 2.24) is 16.0 Å². The number of benzene rings is 2. The van der Waals surface area contributed by atoms with E-state index in [1.54, 1.807) is 12.1 Å². The molecule has 2 aromatic carbocycles. The van der Waals surface area contributed by atoms with Gasteiger partial charge < -0.3 is 46.9 Å². The van der Waals surface area contributed by atoms with Crippen LogP contribution in [0.5, 0.6) is 0 Å². The molecule has 1 aliphatic heterocycles. The van der Waals surface area contributed by atoms with Crippen LogP contribution in [-0.4, -0.2) is 107 Å². The first kappa shape index (κ1) is 56.6. The van der Waals surface area contributed by atoms with E-state index in [9.17, 15) is 43.5 Å². The Morgan fingerprint density at radius 1 is 0.746 bits per heavy atom. The number of unbranched alkanes of at least 4 members (excludes halogenated alkanes) is 2. The average molecular weight is 986 g/mol. The van der Waals surface area contributed by atoms with E-state index in [0.29, 0.717) is 43.2 Å². The van der Waals surface area contributed by atoms with Crippen molar-refractivity contribution in [1.29, 1.82) is 0 Å². The smallest absolute Gasteiger partial charge is 0.461 e. The number of hydrogen-bond donors (Lipinski definition) is 7. The Hall–Kier alpha value is -5.30. The zero-order valence-corrected chi connectivity index (χ0v) is 42.3. The molecule has 2 unspecified atom stereocenters. The Labute approximate surface area is 418 Å². The first-order valence-electron chi connectivity index (χ1n) is 25.5. The molecule has 0 aromatic heterocycles. The molecular weight excluding hydrogens is 909 g/mol. The fraction of sp³-hybridized carbons (Fsp3) is 0.623. The third kappa shape index (κ3) is 14.7. The molecule has 4 fully saturated rings. The van der Waals surface area contributed by atoms with E-state index in [2.05, 4.69) is 55.8 Å². The SMILES string of the molecule is CCCCc1ccc(-c2ccc(C(=O)C[C@@H](CN)C(=O)NC(CCC(=O)NC(CC(=O)O)C(=O)O)C(=O)C[C@@H](C)C(=O)N[C@@H](CCCCN)C(=O)C[C@@H](C)B3O[C@@H]4C[C@@H]5C[C@@H](C5(C)C)[C@]4(C)O3)cc2)cc1. The third-order valence-electron chi connectivity index (χ3n) is 15.3. The van der Waals surface area contributed by atoms with Gasteiger partial charge in [0.15, 0.2) is 17.3 Å². The van der Waals surface area contributed by atoms with Crippen molar-refractivity contribution in [3.8, 4) is 11.1 Å². The van der Waals surface area contributed by atoms with Crippen molar-refractivity contribution in [3.05, 3.63) is 59.7 Å². The highest BCUT2D eigenvalue weighted by atomic mass is 16.7. The number of Topliss-reactive ketones (excluding diaryl/α,β-unsaturated/α-hetero) is 3. The van der Waals surface area contributed by atoms with Gasteiger partial charge in [0, 0.05) is 43.7 Å². The summed E-state index contributed by atoms with van der Waals surface area (Å²) in [5.74, 6) is -8.04. The number of carboxylic acids is 2. The zero-order valence-electron chi connectivity index (χ0n) is 42.3. The molecule has 3 amide bonds. The molecule has 0 radical (unpaired) electrons. The van der Waals surface area contributed by atoms with Crippen LogP contribution in [0.15, 0.2) is 48.5 Å². The van der Waals surface area contributed by atoms with Gasteiger partial charge in [0.05, 0.1) is 36.1 Å². The number of amides is 3. The van der Waals surface area contributed by atoms with Crippen LogP contribution in [-0.2, 0) is 49.3 Å². The van der Waals surface area contributed by atoms with Crippen LogP contribution in [0.1, 0.15) is 141 Å². The lowest BCUT2D eigenvalue weighted by atomic mass is 9.43. The summed E-state index contributed by atoms with van der Waals surface area (Å²) >= 11 is 0. The molecule has 4 aliphatic rings. The molecule has 9 N–H and O–H groups in total. The van der Waals surface area contributed by atoms with Crippen LogP contribution >= 0.6 is 0 Å². The van der Waals surface area contributed by atoms with Crippen molar-refractivity contribution < 1.29 is 57.9 Å². The normalized spacial score (nSPS) is 22.3. The van der Waals surface area contributed by atoms with E-state index < -0.39 is 97.4 Å². The first-order valence-corrected chi connectivity index (χ1v) is 25.5. The van der Waals surface area contributed by atoms with Crippen LogP contribution in [0, 0.1) is 29.1 Å². The number of carbonyl (C=O) groups excluding carboxylic acids is 6. The summed E-state index contributed by atoms with van der Waals surface area (Å²) < 4.78 is 13.1. The van der Waals surface area contributed by atoms with Gasteiger partial charge in [0.1, 0.15) is 6.04 Å². The lowest BCUT2D eigenvalue weighted by Gasteiger charge is -2.64. The van der Waals surface area contributed by atoms with Gasteiger partial charge in [-0.25, -0.2) is 4.79 Å². The lowest BCUT2D eigenvalue weighted by molar-refractivity contribution is -0.199. The highest BCUT2D eigenvalue weighted by molar-refractivity contribution is 6.47. The van der Waals surface area contributed by atoms with Gasteiger partial charge >= 0.3 is 19.1 Å². The average Bonchev–Trinajstić information content (AvgIpc) is 3.70. The Morgan fingerprint density at radius 2 is 1.37 bits per heavy atom. The number of ketones is 3. The van der Waals surface area contributed by atoms with Crippen LogP contribution in [0.3, 0.4) is 0 Å². The summed E-state index contributed by atoms with van der Waals surface area (Å²) in [5, 5.41) is 26.2. The van der Waals surface area contributed by atoms with Gasteiger partial charge in [0.2, 0.25) is 17.7 Å². The topological polar surface area (TPSA) is 284 Å². The maximum atomic E-state index is 14.1. The highest BCUT2D eigenvalue weighted by Crippen LogP contribution is 2.66. The molecule has 17 nitrogen and oxygen atoms in total. The molecule has 0 spiro atoms. The standard InChI is InChI=1S/C53H76BN5O12/c1-7-8-11-33-13-15-34(16-14-33)35-17-19-36(20-18-35)42(60)26-37(30-56)50(67)59-40(21-22-47(63)57-41(51(68)69)29-48(64)65)43(61)24-31(2)49(66)58-39(12-9-10-23-55)44(62)25-32(3)54-70-46-28-38-27-45(52(38,4)5)53(46,6)71-54/h13-20,31-32,37-41,45-46H,7-12,21-30,55-56H2,1-6H3,(H,57,63)(H,58,66)(H,59,67)(H,64,65)(H,68,69)/t31-,32-,37+,38+,39+,40?,41?,45+,46-,53+/m1/s1. The molecule has 1 heterocycles. The monoisotopic (exact) mass is 986 g/mol. The molecule has 71 heavy (non-hydrogen) atoms. The number of carboxylic acid groups (broad SMARTS) is 2. The number of nitrogens with two attached hydrogens (primary N) is 2. The zero-order chi connectivity index (χ0) is 52.2. The fourth-order valence-electron chi connectivity index (χ4n) is 10.6. The summed E-state index contributed by atoms with van der Waals surface area (Å²) in [6.07, 6.45) is 4.17. The summed E-state index contributed by atoms with van der Waals surface area (Å²) in [7, 11) is -0.588. The molecule has 18 heteroatoms. The molecular formula is C53H76BN5O12. The predicted molar refractivity (Wildman–Crippen MR) is 268 cm³/mol. The maximum absolute atomic E-state index is 14.1. The second-order valence-electron chi connectivity index (χ2n) is 21.0. The lowest BCUT2D eigenvalue weighted by Crippen LogP contribution is -2.65. The molecule has 388 valence electrons. The summed E-state index contributed by atoms with van der Waals surface area (Å²) in [4.78, 5) is 105. The van der Waals surface area contributed by atoms with Gasteiger partial charge in [-0.05, 0) is 105 Å². The minimum absolute atomic E-state index is 0.0574. The van der Waals surface area contributed by atoms with Gasteiger partial charge in [-0.15, -0.1) is 0 Å². The summed E-state index contributed by atoms with van der Waals surface area (Å²) in [5.41, 5.74) is 15.0. The minimum Gasteiger partial charge on any atom is -0.481 e.